The van der Waals surface area contributed by atoms with Crippen LogP contribution < -0.4 is 5.32 Å². The lowest BCUT2D eigenvalue weighted by atomic mass is 10.1. The Balaban J connectivity index is 2.45. The lowest BCUT2D eigenvalue weighted by molar-refractivity contribution is 0.193. The third-order valence-electron chi connectivity index (χ3n) is 10.4. The average molecular weight is 635 g/mol. The smallest absolute Gasteiger partial charge is 0.0110 e. The summed E-state index contributed by atoms with van der Waals surface area (Å²) >= 11 is 0. The number of unbranched alkanes of at least 4 members (excludes halogenated alkanes) is 21. The Hall–Kier alpha value is -0.160. The average Bonchev–Trinajstić information content (AvgIpc) is 3.06. The first-order chi connectivity index (χ1) is 22.3. The summed E-state index contributed by atoms with van der Waals surface area (Å²) in [5.41, 5.74) is 0. The zero-order chi connectivity index (χ0) is 32.3. The Morgan fingerprint density at radius 3 is 1.13 bits per heavy atom. The van der Waals surface area contributed by atoms with Crippen LogP contribution >= 0.6 is 0 Å². The molecule has 270 valence electrons. The van der Waals surface area contributed by atoms with E-state index < -0.39 is 0 Å². The van der Waals surface area contributed by atoms with E-state index in [0.717, 1.165) is 13.1 Å². The second-order valence-corrected chi connectivity index (χ2v) is 14.8. The van der Waals surface area contributed by atoms with E-state index in [1.54, 1.807) is 0 Å². The first-order valence-corrected chi connectivity index (χ1v) is 21.2. The van der Waals surface area contributed by atoms with Crippen molar-refractivity contribution in [3.8, 4) is 0 Å². The van der Waals surface area contributed by atoms with E-state index in [2.05, 4.69) is 40.8 Å². The topological polar surface area (TPSA) is 21.8 Å². The molecule has 0 aromatic heterocycles. The molecule has 0 aromatic rings. The molecule has 4 heteroatoms. The lowest BCUT2D eigenvalue weighted by Gasteiger charge is -2.29. The van der Waals surface area contributed by atoms with Crippen LogP contribution in [0.25, 0.3) is 0 Å². The molecule has 1 saturated heterocycles. The quantitative estimate of drug-likeness (QED) is 0.0692. The number of piperidine rings is 1. The van der Waals surface area contributed by atoms with Gasteiger partial charge >= 0.3 is 0 Å². The molecular formula is C41H86N4. The first-order valence-electron chi connectivity index (χ1n) is 21.2. The van der Waals surface area contributed by atoms with Crippen molar-refractivity contribution < 1.29 is 0 Å². The van der Waals surface area contributed by atoms with Crippen LogP contribution in [0.2, 0.25) is 0 Å². The van der Waals surface area contributed by atoms with Gasteiger partial charge in [0.1, 0.15) is 0 Å². The van der Waals surface area contributed by atoms with Crippen molar-refractivity contribution in [1.82, 2.24) is 20.0 Å². The molecule has 0 saturated carbocycles. The summed E-state index contributed by atoms with van der Waals surface area (Å²) in [6.45, 7) is 20.9. The Kier molecular flexibility index (Phi) is 33.5. The number of rotatable bonds is 36. The molecule has 4 nitrogen and oxygen atoms in total. The van der Waals surface area contributed by atoms with Gasteiger partial charge in [0.2, 0.25) is 0 Å². The van der Waals surface area contributed by atoms with Gasteiger partial charge in [0.05, 0.1) is 0 Å². The minimum atomic E-state index is 1.15. The summed E-state index contributed by atoms with van der Waals surface area (Å²) in [6, 6.07) is 0. The summed E-state index contributed by atoms with van der Waals surface area (Å²) in [5.74, 6) is 0. The maximum atomic E-state index is 3.82. The third-order valence-corrected chi connectivity index (χ3v) is 10.4. The Bertz CT molecular complexity index is 530. The third kappa shape index (κ3) is 29.7. The maximum Gasteiger partial charge on any atom is 0.0110 e. The van der Waals surface area contributed by atoms with Crippen LogP contribution in [-0.4, -0.2) is 86.7 Å². The Morgan fingerprint density at radius 1 is 0.378 bits per heavy atom. The van der Waals surface area contributed by atoms with Gasteiger partial charge in [-0.05, 0) is 64.8 Å². The number of hydrogen-bond acceptors (Lipinski definition) is 4. The van der Waals surface area contributed by atoms with E-state index >= 15 is 0 Å². The Labute approximate surface area is 285 Å². The molecule has 1 heterocycles. The van der Waals surface area contributed by atoms with Gasteiger partial charge in [-0.25, -0.2) is 0 Å². The highest BCUT2D eigenvalue weighted by atomic mass is 15.2. The van der Waals surface area contributed by atoms with Crippen LogP contribution in [0.3, 0.4) is 0 Å². The molecule has 45 heavy (non-hydrogen) atoms. The predicted octanol–water partition coefficient (Wildman–Crippen LogP) is 11.1. The van der Waals surface area contributed by atoms with E-state index in [-0.39, 0.29) is 0 Å². The maximum absolute atomic E-state index is 3.82. The van der Waals surface area contributed by atoms with E-state index in [4.69, 9.17) is 0 Å². The Morgan fingerprint density at radius 2 is 0.733 bits per heavy atom. The number of nitrogens with one attached hydrogen (secondary N) is 1. The van der Waals surface area contributed by atoms with Gasteiger partial charge in [0.15, 0.2) is 0 Å². The predicted molar refractivity (Wildman–Crippen MR) is 204 cm³/mol. The van der Waals surface area contributed by atoms with E-state index in [1.165, 1.54) is 232 Å². The normalized spacial score (nSPS) is 14.3. The number of nitrogens with zero attached hydrogens (tertiary/aromatic N) is 3. The largest absolute Gasteiger partial charge is 0.314 e. The fourth-order valence-electron chi connectivity index (χ4n) is 7.14. The van der Waals surface area contributed by atoms with E-state index in [0.29, 0.717) is 0 Å². The van der Waals surface area contributed by atoms with Gasteiger partial charge in [-0.2, -0.15) is 0 Å². The number of hydrogen-bond donors (Lipinski definition) is 1. The molecule has 1 aliphatic heterocycles. The molecule has 0 spiro atoms. The van der Waals surface area contributed by atoms with Crippen LogP contribution in [0.1, 0.15) is 194 Å². The van der Waals surface area contributed by atoms with Gasteiger partial charge in [0.25, 0.3) is 0 Å². The van der Waals surface area contributed by atoms with Crippen molar-refractivity contribution in [3.05, 3.63) is 0 Å². The minimum Gasteiger partial charge on any atom is -0.314 e. The summed E-state index contributed by atoms with van der Waals surface area (Å²) in [4.78, 5) is 8.35. The minimum absolute atomic E-state index is 1.15. The molecule has 0 amide bonds. The molecule has 0 aromatic carbocycles. The second-order valence-electron chi connectivity index (χ2n) is 14.8. The van der Waals surface area contributed by atoms with E-state index in [1.807, 2.05) is 0 Å². The van der Waals surface area contributed by atoms with Crippen molar-refractivity contribution in [3.63, 3.8) is 0 Å². The molecule has 0 aliphatic carbocycles. The fourth-order valence-corrected chi connectivity index (χ4v) is 7.14. The molecule has 1 rings (SSSR count). The summed E-state index contributed by atoms with van der Waals surface area (Å²) in [5, 5.41) is 3.82. The summed E-state index contributed by atoms with van der Waals surface area (Å²) in [7, 11) is 0. The number of likely N-dealkylation sites (tertiary alicyclic amines) is 1. The second kappa shape index (κ2) is 35.2. The van der Waals surface area contributed by atoms with E-state index in [9.17, 15) is 0 Å². The van der Waals surface area contributed by atoms with Gasteiger partial charge < -0.3 is 20.0 Å². The lowest BCUT2D eigenvalue weighted by Crippen LogP contribution is -2.41. The van der Waals surface area contributed by atoms with Gasteiger partial charge in [0, 0.05) is 39.3 Å². The van der Waals surface area contributed by atoms with Crippen molar-refractivity contribution in [2.45, 2.75) is 194 Å². The molecule has 0 bridgehead atoms. The van der Waals surface area contributed by atoms with Crippen molar-refractivity contribution in [1.29, 1.82) is 0 Å². The van der Waals surface area contributed by atoms with Crippen LogP contribution in [0.4, 0.5) is 0 Å². The highest BCUT2D eigenvalue weighted by Gasteiger charge is 2.11. The zero-order valence-corrected chi connectivity index (χ0v) is 31.7. The van der Waals surface area contributed by atoms with Crippen LogP contribution in [0, 0.1) is 0 Å². The van der Waals surface area contributed by atoms with Gasteiger partial charge in [-0.1, -0.05) is 162 Å². The monoisotopic (exact) mass is 635 g/mol. The van der Waals surface area contributed by atoms with Gasteiger partial charge in [-0.3, -0.25) is 0 Å². The summed E-state index contributed by atoms with van der Waals surface area (Å²) in [6.07, 6.45) is 38.5. The van der Waals surface area contributed by atoms with Crippen molar-refractivity contribution >= 4 is 0 Å². The molecule has 0 atom stereocenters. The first kappa shape index (κ1) is 42.9. The fraction of sp³-hybridized carbons (Fsp3) is 1.00. The molecular weight excluding hydrogens is 548 g/mol. The highest BCUT2D eigenvalue weighted by molar-refractivity contribution is 4.69. The molecule has 1 fully saturated rings. The standard InChI is InChI=1S/C41H86N4/c1-4-7-10-13-16-19-22-26-35-44(36-27-23-20-17-14-11-8-5-2)40-41-45(37-28-24-21-18-15-12-9-6-3)39-32-42-31-38-43-33-29-25-30-34-43/h42H,4-41H2,1-3H3. The highest BCUT2D eigenvalue weighted by Crippen LogP contribution is 2.13. The van der Waals surface area contributed by atoms with Crippen LogP contribution in [-0.2, 0) is 0 Å². The van der Waals surface area contributed by atoms with Crippen LogP contribution in [0.5, 0.6) is 0 Å². The van der Waals surface area contributed by atoms with Crippen molar-refractivity contribution in [2.75, 3.05) is 72.0 Å². The zero-order valence-electron chi connectivity index (χ0n) is 31.7. The molecule has 0 unspecified atom stereocenters. The van der Waals surface area contributed by atoms with Crippen LogP contribution in [0.15, 0.2) is 0 Å². The molecule has 1 N–H and O–H groups in total. The van der Waals surface area contributed by atoms with Crippen molar-refractivity contribution in [2.24, 2.45) is 0 Å². The SMILES string of the molecule is CCCCCCCCCCN(CCCCCCCCCC)CCN(CCCCCCCCCC)CCNCCN1CCCCC1. The molecule has 0 radical (unpaired) electrons. The summed E-state index contributed by atoms with van der Waals surface area (Å²) < 4.78 is 0. The van der Waals surface area contributed by atoms with Gasteiger partial charge in [-0.15, -0.1) is 0 Å². The molecule has 1 aliphatic rings.